The minimum Gasteiger partial charge on any atom is -0.503 e. The molecule has 1 heterocycles. The molecule has 2 N–H and O–H groups in total. The largest absolute Gasteiger partial charge is 0.503 e. The van der Waals surface area contributed by atoms with Gasteiger partial charge in [0.05, 0.1) is 23.9 Å². The number of carbonyl (C=O) groups is 1. The van der Waals surface area contributed by atoms with Crippen LogP contribution in [0, 0.1) is 0 Å². The Morgan fingerprint density at radius 2 is 2.24 bits per heavy atom. The van der Waals surface area contributed by atoms with Crippen LogP contribution in [0.4, 0.5) is 0 Å². The molecule has 3 rings (SSSR count). The molecule has 9 heteroatoms. The van der Waals surface area contributed by atoms with Crippen LogP contribution in [0.1, 0.15) is 5.56 Å². The van der Waals surface area contributed by atoms with Crippen molar-refractivity contribution >= 4 is 34.8 Å². The SMILES string of the molecule is COc1cc(/C=N/NC(=O)Cn2nnc3ccccc32)cc(Cl)c1O. The lowest BCUT2D eigenvalue weighted by molar-refractivity contribution is -0.121. The molecular formula is C16H14ClN5O3. The number of halogens is 1. The van der Waals surface area contributed by atoms with Crippen LogP contribution < -0.4 is 10.2 Å². The zero-order valence-corrected chi connectivity index (χ0v) is 13.9. The molecule has 1 amide bonds. The van der Waals surface area contributed by atoms with E-state index in [1.165, 1.54) is 24.1 Å². The molecule has 0 aliphatic heterocycles. The summed E-state index contributed by atoms with van der Waals surface area (Å²) in [6.07, 6.45) is 1.39. The van der Waals surface area contributed by atoms with Gasteiger partial charge in [-0.05, 0) is 29.8 Å². The molecule has 1 aromatic heterocycles. The average Bonchev–Trinajstić information content (AvgIpc) is 3.01. The highest BCUT2D eigenvalue weighted by Crippen LogP contribution is 2.34. The number of methoxy groups -OCH3 is 1. The molecule has 0 fully saturated rings. The van der Waals surface area contributed by atoms with E-state index >= 15 is 0 Å². The maximum Gasteiger partial charge on any atom is 0.261 e. The number of fused-ring (bicyclic) bond motifs is 1. The molecule has 128 valence electrons. The Bertz CT molecular complexity index is 954. The fraction of sp³-hybridized carbons (Fsp3) is 0.125. The van der Waals surface area contributed by atoms with Gasteiger partial charge in [0, 0.05) is 0 Å². The van der Waals surface area contributed by atoms with E-state index in [1.54, 1.807) is 6.07 Å². The smallest absolute Gasteiger partial charge is 0.261 e. The molecule has 3 aromatic rings. The molecule has 0 saturated heterocycles. The van der Waals surface area contributed by atoms with E-state index in [0.717, 1.165) is 5.52 Å². The fourth-order valence-corrected chi connectivity index (χ4v) is 2.43. The third kappa shape index (κ3) is 3.69. The molecule has 8 nitrogen and oxygen atoms in total. The van der Waals surface area contributed by atoms with Gasteiger partial charge in [0.2, 0.25) is 0 Å². The van der Waals surface area contributed by atoms with Crippen molar-refractivity contribution in [3.63, 3.8) is 0 Å². The summed E-state index contributed by atoms with van der Waals surface area (Å²) in [4.78, 5) is 12.0. The number of nitrogens with zero attached hydrogens (tertiary/aromatic N) is 4. The molecule has 0 spiro atoms. The lowest BCUT2D eigenvalue weighted by Gasteiger charge is -2.06. The number of aromatic hydroxyl groups is 1. The van der Waals surface area contributed by atoms with Crippen LogP contribution in [0.2, 0.25) is 5.02 Å². The number of hydrogen-bond donors (Lipinski definition) is 2. The highest BCUT2D eigenvalue weighted by Gasteiger charge is 2.09. The number of hydrazone groups is 1. The molecule has 25 heavy (non-hydrogen) atoms. The topological polar surface area (TPSA) is 102 Å². The van der Waals surface area contributed by atoms with E-state index in [0.29, 0.717) is 11.1 Å². The van der Waals surface area contributed by atoms with Gasteiger partial charge in [-0.25, -0.2) is 10.1 Å². The van der Waals surface area contributed by atoms with Crippen LogP contribution in [-0.4, -0.2) is 39.3 Å². The third-order valence-electron chi connectivity index (χ3n) is 3.39. The number of para-hydroxylation sites is 1. The van der Waals surface area contributed by atoms with Crippen LogP contribution >= 0.6 is 11.6 Å². The summed E-state index contributed by atoms with van der Waals surface area (Å²) in [5.41, 5.74) is 4.44. The summed E-state index contributed by atoms with van der Waals surface area (Å²) < 4.78 is 6.49. The Balaban J connectivity index is 1.66. The van der Waals surface area contributed by atoms with E-state index in [2.05, 4.69) is 20.8 Å². The first-order chi connectivity index (χ1) is 12.1. The van der Waals surface area contributed by atoms with Gasteiger partial charge in [0.15, 0.2) is 11.5 Å². The van der Waals surface area contributed by atoms with Crippen LogP contribution in [0.5, 0.6) is 11.5 Å². The van der Waals surface area contributed by atoms with E-state index < -0.39 is 0 Å². The zero-order chi connectivity index (χ0) is 17.8. The molecule has 0 unspecified atom stereocenters. The lowest BCUT2D eigenvalue weighted by Crippen LogP contribution is -2.23. The number of carbonyl (C=O) groups excluding carboxylic acids is 1. The summed E-state index contributed by atoms with van der Waals surface area (Å²) in [6.45, 7) is -0.0164. The van der Waals surface area contributed by atoms with Crippen LogP contribution in [0.3, 0.4) is 0 Å². The number of aromatic nitrogens is 3. The quantitative estimate of drug-likeness (QED) is 0.535. The number of phenolic OH excluding ortho intramolecular Hbond substituents is 1. The molecule has 0 saturated carbocycles. The van der Waals surface area contributed by atoms with Gasteiger partial charge in [-0.1, -0.05) is 28.9 Å². The molecule has 0 aliphatic rings. The molecule has 0 atom stereocenters. The van der Waals surface area contributed by atoms with E-state index in [4.69, 9.17) is 16.3 Å². The summed E-state index contributed by atoms with van der Waals surface area (Å²) in [7, 11) is 1.41. The summed E-state index contributed by atoms with van der Waals surface area (Å²) in [5.74, 6) is -0.290. The predicted octanol–water partition coefficient (Wildman–Crippen LogP) is 1.95. The number of phenols is 1. The maximum absolute atomic E-state index is 12.0. The van der Waals surface area contributed by atoms with Gasteiger partial charge in [-0.2, -0.15) is 5.10 Å². The van der Waals surface area contributed by atoms with Crippen molar-refractivity contribution in [3.8, 4) is 11.5 Å². The van der Waals surface area contributed by atoms with Gasteiger partial charge in [0.1, 0.15) is 12.1 Å². The van der Waals surface area contributed by atoms with Crippen LogP contribution in [0.25, 0.3) is 11.0 Å². The van der Waals surface area contributed by atoms with E-state index in [9.17, 15) is 9.90 Å². The molecule has 0 radical (unpaired) electrons. The first kappa shape index (κ1) is 16.7. The highest BCUT2D eigenvalue weighted by molar-refractivity contribution is 6.32. The van der Waals surface area contributed by atoms with Crippen molar-refractivity contribution in [2.75, 3.05) is 7.11 Å². The van der Waals surface area contributed by atoms with Crippen LogP contribution in [0.15, 0.2) is 41.5 Å². The van der Waals surface area contributed by atoms with Crippen molar-refractivity contribution in [1.82, 2.24) is 20.4 Å². The number of ether oxygens (including phenoxy) is 1. The molecular weight excluding hydrogens is 346 g/mol. The molecule has 0 bridgehead atoms. The summed E-state index contributed by atoms with van der Waals surface area (Å²) in [6, 6.07) is 10.4. The van der Waals surface area contributed by atoms with Gasteiger partial charge in [0.25, 0.3) is 5.91 Å². The molecule has 2 aromatic carbocycles. The van der Waals surface area contributed by atoms with Crippen molar-refractivity contribution < 1.29 is 14.6 Å². The van der Waals surface area contributed by atoms with E-state index in [1.807, 2.05) is 24.3 Å². The third-order valence-corrected chi connectivity index (χ3v) is 3.68. The first-order valence-electron chi connectivity index (χ1n) is 7.25. The number of amides is 1. The maximum atomic E-state index is 12.0. The molecule has 0 aliphatic carbocycles. The lowest BCUT2D eigenvalue weighted by atomic mass is 10.2. The monoisotopic (exact) mass is 359 g/mol. The second kappa shape index (κ2) is 7.18. The highest BCUT2D eigenvalue weighted by atomic mass is 35.5. The number of hydrogen-bond acceptors (Lipinski definition) is 6. The van der Waals surface area contributed by atoms with Crippen molar-refractivity contribution in [3.05, 3.63) is 47.0 Å². The minimum absolute atomic E-state index is 0.0164. The number of benzene rings is 2. The van der Waals surface area contributed by atoms with Crippen molar-refractivity contribution in [1.29, 1.82) is 0 Å². The van der Waals surface area contributed by atoms with E-state index in [-0.39, 0.29) is 29.0 Å². The second-order valence-electron chi connectivity index (χ2n) is 5.08. The van der Waals surface area contributed by atoms with Gasteiger partial charge in [-0.3, -0.25) is 4.79 Å². The minimum atomic E-state index is -0.358. The Labute approximate surface area is 147 Å². The summed E-state index contributed by atoms with van der Waals surface area (Å²) >= 11 is 5.89. The van der Waals surface area contributed by atoms with Gasteiger partial charge >= 0.3 is 0 Å². The fourth-order valence-electron chi connectivity index (χ4n) is 2.21. The Hall–Kier alpha value is -3.13. The van der Waals surface area contributed by atoms with Crippen molar-refractivity contribution in [2.45, 2.75) is 6.54 Å². The van der Waals surface area contributed by atoms with Crippen molar-refractivity contribution in [2.24, 2.45) is 5.10 Å². The van der Waals surface area contributed by atoms with Crippen LogP contribution in [-0.2, 0) is 11.3 Å². The Morgan fingerprint density at radius 3 is 3.04 bits per heavy atom. The Kier molecular flexibility index (Phi) is 4.80. The summed E-state index contributed by atoms with van der Waals surface area (Å²) in [5, 5.41) is 21.6. The standard InChI is InChI=1S/C16H14ClN5O3/c1-25-14-7-10(6-11(17)16(14)24)8-18-20-15(23)9-22-13-5-3-2-4-12(13)19-21-22/h2-8,24H,9H2,1H3,(H,20,23)/b18-8+. The second-order valence-corrected chi connectivity index (χ2v) is 5.49. The average molecular weight is 360 g/mol. The predicted molar refractivity (Wildman–Crippen MR) is 92.9 cm³/mol. The number of nitrogens with one attached hydrogen (secondary N) is 1. The van der Waals surface area contributed by atoms with Gasteiger partial charge < -0.3 is 9.84 Å². The first-order valence-corrected chi connectivity index (χ1v) is 7.63. The number of rotatable bonds is 5. The zero-order valence-electron chi connectivity index (χ0n) is 13.2. The Morgan fingerprint density at radius 1 is 1.44 bits per heavy atom. The van der Waals surface area contributed by atoms with Gasteiger partial charge in [-0.15, -0.1) is 5.10 Å². The normalized spacial score (nSPS) is 11.1.